The first-order chi connectivity index (χ1) is 15.9. The Kier molecular flexibility index (Phi) is 4.73. The Balaban J connectivity index is 1.77. The number of aryl methyl sites for hydroxylation is 1. The van der Waals surface area contributed by atoms with Crippen molar-refractivity contribution in [3.8, 4) is 34.4 Å². The lowest BCUT2D eigenvalue weighted by Gasteiger charge is -2.06. The fourth-order valence-corrected chi connectivity index (χ4v) is 3.91. The maximum absolute atomic E-state index is 13.5. The van der Waals surface area contributed by atoms with Gasteiger partial charge in [0.1, 0.15) is 23.1 Å². The molecule has 3 heterocycles. The van der Waals surface area contributed by atoms with Crippen LogP contribution in [-0.4, -0.2) is 31.8 Å². The van der Waals surface area contributed by atoms with Crippen LogP contribution in [0.2, 0.25) is 0 Å². The largest absolute Gasteiger partial charge is 0.494 e. The average Bonchev–Trinajstić information content (AvgIpc) is 3.40. The van der Waals surface area contributed by atoms with Gasteiger partial charge in [0.2, 0.25) is 5.89 Å². The van der Waals surface area contributed by atoms with Crippen molar-refractivity contribution in [3.63, 3.8) is 0 Å². The highest BCUT2D eigenvalue weighted by molar-refractivity contribution is 5.85. The number of hydrogen-bond donors (Lipinski definition) is 2. The molecule has 2 aromatic carbocycles. The maximum Gasteiger partial charge on any atom is 0.285 e. The van der Waals surface area contributed by atoms with E-state index < -0.39 is 11.7 Å². The predicted molar refractivity (Wildman–Crippen MR) is 121 cm³/mol. The Bertz CT molecular complexity index is 1620. The summed E-state index contributed by atoms with van der Waals surface area (Å²) in [5, 5.41) is 22.5. The third-order valence-corrected chi connectivity index (χ3v) is 5.53. The third-order valence-electron chi connectivity index (χ3n) is 5.53. The molecule has 3 aromatic heterocycles. The van der Waals surface area contributed by atoms with Gasteiger partial charge in [-0.3, -0.25) is 9.89 Å². The van der Waals surface area contributed by atoms with Crippen molar-refractivity contribution in [2.75, 3.05) is 7.11 Å². The number of fused-ring (bicyclic) bond motifs is 2. The van der Waals surface area contributed by atoms with Crippen molar-refractivity contribution in [2.45, 2.75) is 20.0 Å². The molecule has 9 nitrogen and oxygen atoms in total. The van der Waals surface area contributed by atoms with Crippen molar-refractivity contribution in [1.82, 2.24) is 19.6 Å². The van der Waals surface area contributed by atoms with Crippen molar-refractivity contribution < 1.29 is 14.3 Å². The third kappa shape index (κ3) is 3.16. The number of aromatic amines is 1. The van der Waals surface area contributed by atoms with Crippen molar-refractivity contribution in [2.24, 2.45) is 0 Å². The lowest BCUT2D eigenvalue weighted by atomic mass is 10.1. The second-order valence-electron chi connectivity index (χ2n) is 7.64. The first-order valence-corrected chi connectivity index (χ1v) is 10.2. The fraction of sp³-hybridized carbons (Fsp3) is 0.167. The summed E-state index contributed by atoms with van der Waals surface area (Å²) in [5.41, 5.74) is 3.40. The number of oxazole rings is 1. The van der Waals surface area contributed by atoms with Crippen molar-refractivity contribution in [1.29, 1.82) is 5.26 Å². The van der Waals surface area contributed by atoms with E-state index in [1.165, 1.54) is 11.6 Å². The minimum absolute atomic E-state index is 0.0739. The summed E-state index contributed by atoms with van der Waals surface area (Å²) in [5.74, 6) is 0.494. The first-order valence-electron chi connectivity index (χ1n) is 10.2. The number of aliphatic hydroxyl groups is 1. The summed E-state index contributed by atoms with van der Waals surface area (Å²) in [7, 11) is 1.50. The molecular weight excluding hydrogens is 422 g/mol. The molecule has 0 aliphatic rings. The van der Waals surface area contributed by atoms with E-state index in [9.17, 15) is 15.2 Å². The van der Waals surface area contributed by atoms with Crippen molar-refractivity contribution in [3.05, 3.63) is 69.8 Å². The van der Waals surface area contributed by atoms with E-state index in [0.29, 0.717) is 39.3 Å². The number of H-pyrrole nitrogens is 1. The SMILES string of the molecule is COc1cc(C(C)O)cc2oc(-c3c(C)nc4c(-c5ccccc5)c(C#N)[nH]n4c3=O)nc12. The Morgan fingerprint density at radius 1 is 1.21 bits per heavy atom. The summed E-state index contributed by atoms with van der Waals surface area (Å²) in [6.07, 6.45) is -0.734. The van der Waals surface area contributed by atoms with Gasteiger partial charge in [-0.1, -0.05) is 30.3 Å². The molecule has 0 aliphatic carbocycles. The van der Waals surface area contributed by atoms with Gasteiger partial charge in [0.25, 0.3) is 5.56 Å². The number of aromatic nitrogens is 4. The highest BCUT2D eigenvalue weighted by atomic mass is 16.5. The molecule has 164 valence electrons. The topological polar surface area (TPSA) is 129 Å². The molecule has 1 atom stereocenters. The number of nitrogens with one attached hydrogen (secondary N) is 1. The van der Waals surface area contributed by atoms with Crippen LogP contribution in [-0.2, 0) is 0 Å². The van der Waals surface area contributed by atoms with Gasteiger partial charge in [0.15, 0.2) is 16.7 Å². The second kappa shape index (κ2) is 7.62. The normalized spacial score (nSPS) is 12.2. The first kappa shape index (κ1) is 20.5. The number of aliphatic hydroxyl groups excluding tert-OH is 1. The molecule has 5 aromatic rings. The van der Waals surface area contributed by atoms with Gasteiger partial charge in [0, 0.05) is 0 Å². The Labute approximate surface area is 187 Å². The predicted octanol–water partition coefficient (Wildman–Crippen LogP) is 3.74. The van der Waals surface area contributed by atoms with E-state index >= 15 is 0 Å². The number of methoxy groups -OCH3 is 1. The van der Waals surface area contributed by atoms with Crippen LogP contribution >= 0.6 is 0 Å². The van der Waals surface area contributed by atoms with Gasteiger partial charge < -0.3 is 14.3 Å². The van der Waals surface area contributed by atoms with Gasteiger partial charge in [-0.2, -0.15) is 9.78 Å². The minimum Gasteiger partial charge on any atom is -0.494 e. The number of nitrogens with zero attached hydrogens (tertiary/aromatic N) is 4. The van der Waals surface area contributed by atoms with E-state index in [-0.39, 0.29) is 17.1 Å². The molecular formula is C24H19N5O4. The van der Waals surface area contributed by atoms with E-state index in [1.807, 2.05) is 30.3 Å². The average molecular weight is 441 g/mol. The molecule has 0 saturated heterocycles. The van der Waals surface area contributed by atoms with E-state index in [4.69, 9.17) is 9.15 Å². The summed E-state index contributed by atoms with van der Waals surface area (Å²) < 4.78 is 12.6. The van der Waals surface area contributed by atoms with Crippen LogP contribution in [0.15, 0.2) is 51.7 Å². The van der Waals surface area contributed by atoms with Gasteiger partial charge in [-0.25, -0.2) is 9.97 Å². The quantitative estimate of drug-likeness (QED) is 0.434. The standard InChI is InChI=1S/C24H19N5O4/c1-12-19(23-27-21-17(32-3)9-15(13(2)30)10-18(21)33-23)24(31)29-22(26-12)20(16(11-25)28-29)14-7-5-4-6-8-14/h4-10,13,28,30H,1-3H3. The molecule has 0 bridgehead atoms. The smallest absolute Gasteiger partial charge is 0.285 e. The van der Waals surface area contributed by atoms with E-state index in [2.05, 4.69) is 21.1 Å². The van der Waals surface area contributed by atoms with Crippen molar-refractivity contribution >= 4 is 16.7 Å². The van der Waals surface area contributed by atoms with Gasteiger partial charge in [0.05, 0.1) is 24.5 Å². The number of ether oxygens (including phenoxy) is 1. The second-order valence-corrected chi connectivity index (χ2v) is 7.64. The zero-order chi connectivity index (χ0) is 23.3. The number of hydrogen-bond acceptors (Lipinski definition) is 7. The summed E-state index contributed by atoms with van der Waals surface area (Å²) in [4.78, 5) is 22.6. The molecule has 0 fully saturated rings. The Morgan fingerprint density at radius 3 is 2.64 bits per heavy atom. The summed E-state index contributed by atoms with van der Waals surface area (Å²) in [6.45, 7) is 3.33. The van der Waals surface area contributed by atoms with Crippen LogP contribution in [0.25, 0.3) is 39.3 Å². The molecule has 0 saturated carbocycles. The lowest BCUT2D eigenvalue weighted by Crippen LogP contribution is -2.19. The number of nitriles is 1. The Hall–Kier alpha value is -4.42. The fourth-order valence-electron chi connectivity index (χ4n) is 3.91. The molecule has 0 amide bonds. The van der Waals surface area contributed by atoms with Crippen LogP contribution in [0, 0.1) is 18.3 Å². The van der Waals surface area contributed by atoms with Gasteiger partial charge in [-0.15, -0.1) is 0 Å². The van der Waals surface area contributed by atoms with Crippen LogP contribution < -0.4 is 10.3 Å². The molecule has 9 heteroatoms. The number of benzene rings is 2. The van der Waals surface area contributed by atoms with E-state index in [1.54, 1.807) is 26.0 Å². The van der Waals surface area contributed by atoms with Crippen LogP contribution in [0.1, 0.15) is 30.0 Å². The highest BCUT2D eigenvalue weighted by Gasteiger charge is 2.24. The Morgan fingerprint density at radius 2 is 1.97 bits per heavy atom. The van der Waals surface area contributed by atoms with Gasteiger partial charge >= 0.3 is 0 Å². The molecule has 1 unspecified atom stereocenters. The zero-order valence-electron chi connectivity index (χ0n) is 18.1. The molecule has 0 aliphatic heterocycles. The highest BCUT2D eigenvalue weighted by Crippen LogP contribution is 2.34. The number of rotatable bonds is 4. The molecule has 5 rings (SSSR count). The monoisotopic (exact) mass is 441 g/mol. The van der Waals surface area contributed by atoms with Gasteiger partial charge in [-0.05, 0) is 37.1 Å². The summed E-state index contributed by atoms with van der Waals surface area (Å²) >= 11 is 0. The molecule has 33 heavy (non-hydrogen) atoms. The van der Waals surface area contributed by atoms with Crippen LogP contribution in [0.3, 0.4) is 0 Å². The minimum atomic E-state index is -0.734. The molecule has 0 radical (unpaired) electrons. The zero-order valence-corrected chi connectivity index (χ0v) is 18.1. The van der Waals surface area contributed by atoms with Crippen LogP contribution in [0.4, 0.5) is 0 Å². The molecule has 2 N–H and O–H groups in total. The van der Waals surface area contributed by atoms with E-state index in [0.717, 1.165) is 5.56 Å². The lowest BCUT2D eigenvalue weighted by molar-refractivity contribution is 0.199. The summed E-state index contributed by atoms with van der Waals surface area (Å²) in [6, 6.07) is 14.7. The van der Waals surface area contributed by atoms with Crippen LogP contribution in [0.5, 0.6) is 5.75 Å². The maximum atomic E-state index is 13.5. The molecule has 0 spiro atoms.